The van der Waals surface area contributed by atoms with Gasteiger partial charge in [-0.25, -0.2) is 9.18 Å². The zero-order valence-corrected chi connectivity index (χ0v) is 15.0. The Hall–Kier alpha value is -1.92. The number of urea groups is 1. The van der Waals surface area contributed by atoms with Crippen molar-refractivity contribution in [3.63, 3.8) is 0 Å². The number of nitrogens with one attached hydrogen (secondary N) is 1. The van der Waals surface area contributed by atoms with Crippen molar-refractivity contribution in [2.45, 2.75) is 19.0 Å². The molecule has 1 N–H and O–H groups in total. The molecule has 7 heteroatoms. The van der Waals surface area contributed by atoms with Crippen LogP contribution in [-0.2, 0) is 16.9 Å². The van der Waals surface area contributed by atoms with Gasteiger partial charge >= 0.3 is 6.03 Å². The van der Waals surface area contributed by atoms with Crippen molar-refractivity contribution in [1.82, 2.24) is 10.2 Å². The maximum absolute atomic E-state index is 14.0. The number of nitrogens with zero attached hydrogens (tertiary/aromatic N) is 1. The van der Waals surface area contributed by atoms with E-state index in [1.54, 1.807) is 37.3 Å². The third-order valence-corrected chi connectivity index (χ3v) is 4.75. The summed E-state index contributed by atoms with van der Waals surface area (Å²) in [6.07, 6.45) is 0. The van der Waals surface area contributed by atoms with Crippen molar-refractivity contribution in [1.29, 1.82) is 0 Å². The second-order valence-electron chi connectivity index (χ2n) is 5.69. The minimum absolute atomic E-state index is 0.139. The lowest BCUT2D eigenvalue weighted by atomic mass is 9.92. The summed E-state index contributed by atoms with van der Waals surface area (Å²) in [6, 6.07) is 10.7. The van der Waals surface area contributed by atoms with Gasteiger partial charge in [-0.1, -0.05) is 45.7 Å². The summed E-state index contributed by atoms with van der Waals surface area (Å²) in [5.74, 6) is -0.932. The summed E-state index contributed by atoms with van der Waals surface area (Å²) in [5.41, 5.74) is -0.391. The van der Waals surface area contributed by atoms with Crippen molar-refractivity contribution in [2.75, 3.05) is 0 Å². The Labute approximate surface area is 151 Å². The quantitative estimate of drug-likeness (QED) is 0.769. The molecule has 0 bridgehead atoms. The molecular formula is C17H13BrClFN2O2. The first-order valence-electron chi connectivity index (χ1n) is 7.15. The van der Waals surface area contributed by atoms with Gasteiger partial charge in [0.05, 0.1) is 6.54 Å². The molecule has 4 nitrogen and oxygen atoms in total. The van der Waals surface area contributed by atoms with E-state index in [9.17, 15) is 14.0 Å². The highest BCUT2D eigenvalue weighted by atomic mass is 79.9. The Morgan fingerprint density at radius 1 is 1.25 bits per heavy atom. The predicted octanol–water partition coefficient (Wildman–Crippen LogP) is 4.21. The molecule has 0 aliphatic carbocycles. The third kappa shape index (κ3) is 2.91. The highest BCUT2D eigenvalue weighted by Crippen LogP contribution is 2.31. The van der Waals surface area contributed by atoms with Crippen LogP contribution in [0.5, 0.6) is 0 Å². The largest absolute Gasteiger partial charge is 0.325 e. The van der Waals surface area contributed by atoms with Crippen LogP contribution in [0.25, 0.3) is 0 Å². The molecule has 1 aliphatic rings. The predicted molar refractivity (Wildman–Crippen MR) is 92.0 cm³/mol. The summed E-state index contributed by atoms with van der Waals surface area (Å²) in [5, 5.41) is 3.14. The molecule has 1 fully saturated rings. The van der Waals surface area contributed by atoms with E-state index >= 15 is 0 Å². The number of amides is 3. The molecular weight excluding hydrogens is 399 g/mol. The van der Waals surface area contributed by atoms with Crippen molar-refractivity contribution in [3.8, 4) is 0 Å². The average Bonchev–Trinajstić information content (AvgIpc) is 2.74. The number of imide groups is 1. The molecule has 0 aromatic heterocycles. The van der Waals surface area contributed by atoms with Gasteiger partial charge in [-0.05, 0) is 36.8 Å². The van der Waals surface area contributed by atoms with E-state index in [0.717, 1.165) is 4.90 Å². The summed E-state index contributed by atoms with van der Waals surface area (Å²) >= 11 is 9.16. The molecule has 1 atom stereocenters. The van der Waals surface area contributed by atoms with Gasteiger partial charge in [0.15, 0.2) is 0 Å². The van der Waals surface area contributed by atoms with Crippen LogP contribution in [-0.4, -0.2) is 16.8 Å². The summed E-state index contributed by atoms with van der Waals surface area (Å²) in [7, 11) is 0. The van der Waals surface area contributed by atoms with Crippen LogP contribution >= 0.6 is 27.5 Å². The Balaban J connectivity index is 1.91. The Morgan fingerprint density at radius 2 is 2.00 bits per heavy atom. The second-order valence-corrected chi connectivity index (χ2v) is 7.04. The molecule has 1 aliphatic heterocycles. The van der Waals surface area contributed by atoms with Crippen molar-refractivity contribution in [3.05, 3.63) is 68.9 Å². The number of rotatable bonds is 3. The van der Waals surface area contributed by atoms with Gasteiger partial charge in [-0.3, -0.25) is 9.69 Å². The number of benzene rings is 2. The Kier molecular flexibility index (Phi) is 4.36. The van der Waals surface area contributed by atoms with Gasteiger partial charge in [-0.2, -0.15) is 0 Å². The standard InChI is InChI=1S/C17H13BrClFN2O2/c1-17(11-3-2-4-13(19)7-11)15(23)22(16(24)21-17)9-10-5-6-12(18)8-14(10)20/h2-8H,9H2,1H3,(H,21,24). The molecule has 124 valence electrons. The lowest BCUT2D eigenvalue weighted by Gasteiger charge is -2.22. The van der Waals surface area contributed by atoms with Gasteiger partial charge in [0.25, 0.3) is 5.91 Å². The third-order valence-electron chi connectivity index (χ3n) is 4.02. The SMILES string of the molecule is CC1(c2cccc(Cl)c2)NC(=O)N(Cc2ccc(Br)cc2F)C1=O. The summed E-state index contributed by atoms with van der Waals surface area (Å²) < 4.78 is 14.6. The van der Waals surface area contributed by atoms with Crippen molar-refractivity contribution < 1.29 is 14.0 Å². The second kappa shape index (κ2) is 6.18. The smallest absolute Gasteiger partial charge is 0.319 e. The maximum atomic E-state index is 14.0. The van der Waals surface area contributed by atoms with E-state index in [0.29, 0.717) is 15.1 Å². The minimum Gasteiger partial charge on any atom is -0.319 e. The molecule has 2 aromatic rings. The molecule has 3 rings (SSSR count). The van der Waals surface area contributed by atoms with Crippen LogP contribution in [0.2, 0.25) is 5.02 Å². The summed E-state index contributed by atoms with van der Waals surface area (Å²) in [4.78, 5) is 26.1. The molecule has 24 heavy (non-hydrogen) atoms. The minimum atomic E-state index is -1.23. The Bertz CT molecular complexity index is 845. The van der Waals surface area contributed by atoms with Crippen LogP contribution in [0.15, 0.2) is 46.9 Å². The number of hydrogen-bond donors (Lipinski definition) is 1. The van der Waals surface area contributed by atoms with Crippen LogP contribution in [0.1, 0.15) is 18.1 Å². The molecule has 0 spiro atoms. The fourth-order valence-corrected chi connectivity index (χ4v) is 3.18. The van der Waals surface area contributed by atoms with Crippen molar-refractivity contribution in [2.24, 2.45) is 0 Å². The molecule has 3 amide bonds. The number of halogens is 3. The molecule has 1 unspecified atom stereocenters. The topological polar surface area (TPSA) is 49.4 Å². The van der Waals surface area contributed by atoms with Crippen LogP contribution in [0, 0.1) is 5.82 Å². The first-order valence-corrected chi connectivity index (χ1v) is 8.32. The average molecular weight is 412 g/mol. The van der Waals surface area contributed by atoms with Gasteiger partial charge in [0.2, 0.25) is 0 Å². The van der Waals surface area contributed by atoms with Gasteiger partial charge in [0, 0.05) is 15.1 Å². The molecule has 2 aromatic carbocycles. The van der Waals surface area contributed by atoms with Crippen LogP contribution in [0.3, 0.4) is 0 Å². The zero-order chi connectivity index (χ0) is 17.5. The van der Waals surface area contributed by atoms with Gasteiger partial charge in [-0.15, -0.1) is 0 Å². The van der Waals surface area contributed by atoms with Crippen LogP contribution < -0.4 is 5.32 Å². The first kappa shape index (κ1) is 16.9. The number of carbonyl (C=O) groups is 2. The van der Waals surface area contributed by atoms with Crippen LogP contribution in [0.4, 0.5) is 9.18 Å². The highest BCUT2D eigenvalue weighted by molar-refractivity contribution is 9.10. The van der Waals surface area contributed by atoms with E-state index in [-0.39, 0.29) is 12.1 Å². The van der Waals surface area contributed by atoms with Gasteiger partial charge < -0.3 is 5.32 Å². The van der Waals surface area contributed by atoms with E-state index in [1.807, 2.05) is 0 Å². The highest BCUT2D eigenvalue weighted by Gasteiger charge is 2.49. The number of carbonyl (C=O) groups excluding carboxylic acids is 2. The van der Waals surface area contributed by atoms with E-state index in [4.69, 9.17) is 11.6 Å². The zero-order valence-electron chi connectivity index (χ0n) is 12.6. The first-order chi connectivity index (χ1) is 11.3. The fourth-order valence-electron chi connectivity index (χ4n) is 2.66. The van der Waals surface area contributed by atoms with Gasteiger partial charge in [0.1, 0.15) is 11.4 Å². The lowest BCUT2D eigenvalue weighted by molar-refractivity contribution is -0.131. The Morgan fingerprint density at radius 3 is 2.67 bits per heavy atom. The fraction of sp³-hybridized carbons (Fsp3) is 0.176. The molecule has 1 saturated heterocycles. The van der Waals surface area contributed by atoms with E-state index in [1.165, 1.54) is 12.1 Å². The maximum Gasteiger partial charge on any atom is 0.325 e. The molecule has 1 heterocycles. The normalized spacial score (nSPS) is 20.4. The van der Waals surface area contributed by atoms with Crippen molar-refractivity contribution >= 4 is 39.5 Å². The summed E-state index contributed by atoms with van der Waals surface area (Å²) in [6.45, 7) is 1.47. The monoisotopic (exact) mass is 410 g/mol. The molecule has 0 radical (unpaired) electrons. The molecule has 0 saturated carbocycles. The van der Waals surface area contributed by atoms with E-state index < -0.39 is 23.3 Å². The van der Waals surface area contributed by atoms with E-state index in [2.05, 4.69) is 21.2 Å². The number of hydrogen-bond acceptors (Lipinski definition) is 2. The lowest BCUT2D eigenvalue weighted by Crippen LogP contribution is -2.40.